The van der Waals surface area contributed by atoms with Crippen molar-refractivity contribution in [1.82, 2.24) is 9.55 Å². The Bertz CT molecular complexity index is 941. The maximum atomic E-state index is 4.66. The number of anilines is 3. The number of rotatable bonds is 3. The summed E-state index contributed by atoms with van der Waals surface area (Å²) in [4.78, 5) is 9.58. The number of aryl methyl sites for hydroxylation is 2. The number of nitrogens with zero attached hydrogens (tertiary/aromatic N) is 4. The van der Waals surface area contributed by atoms with E-state index >= 15 is 0 Å². The summed E-state index contributed by atoms with van der Waals surface area (Å²) in [7, 11) is 2.07. The van der Waals surface area contributed by atoms with Crippen molar-refractivity contribution in [3.8, 4) is 0 Å². The number of para-hydroxylation sites is 3. The lowest BCUT2D eigenvalue weighted by Gasteiger charge is -2.41. The van der Waals surface area contributed by atoms with E-state index in [-0.39, 0.29) is 11.7 Å². The molecule has 4 rings (SSSR count). The van der Waals surface area contributed by atoms with Crippen molar-refractivity contribution in [2.75, 3.05) is 9.80 Å². The Morgan fingerprint density at radius 3 is 2.15 bits per heavy atom. The van der Waals surface area contributed by atoms with Crippen LogP contribution in [0.5, 0.6) is 0 Å². The van der Waals surface area contributed by atoms with Crippen LogP contribution >= 0.6 is 0 Å². The summed E-state index contributed by atoms with van der Waals surface area (Å²) in [5.41, 5.74) is 4.79. The topological polar surface area (TPSA) is 24.3 Å². The Hall–Kier alpha value is -2.75. The predicted octanol–water partition coefficient (Wildman–Crippen LogP) is 4.97. The highest BCUT2D eigenvalue weighted by Gasteiger charge is 2.44. The van der Waals surface area contributed by atoms with E-state index in [1.165, 1.54) is 22.6 Å². The average Bonchev–Trinajstić information content (AvgIpc) is 3.17. The van der Waals surface area contributed by atoms with E-state index in [1.54, 1.807) is 0 Å². The van der Waals surface area contributed by atoms with Crippen LogP contribution in [-0.4, -0.2) is 15.7 Å². The van der Waals surface area contributed by atoms with Crippen LogP contribution in [0.1, 0.15) is 32.2 Å². The molecule has 0 fully saturated rings. The van der Waals surface area contributed by atoms with Gasteiger partial charge in [-0.15, -0.1) is 0 Å². The lowest BCUT2D eigenvalue weighted by Crippen LogP contribution is -2.50. The molecule has 3 aromatic rings. The average molecular weight is 346 g/mol. The summed E-state index contributed by atoms with van der Waals surface area (Å²) in [6.45, 7) is 8.96. The highest BCUT2D eigenvalue weighted by molar-refractivity contribution is 5.85. The zero-order valence-electron chi connectivity index (χ0n) is 16.1. The van der Waals surface area contributed by atoms with E-state index in [0.717, 1.165) is 5.82 Å². The number of benzene rings is 2. The van der Waals surface area contributed by atoms with Gasteiger partial charge in [0.05, 0.1) is 16.9 Å². The molecule has 0 saturated carbocycles. The number of aromatic nitrogens is 2. The minimum atomic E-state index is -0.245. The summed E-state index contributed by atoms with van der Waals surface area (Å²) in [6, 6.07) is 17.3. The van der Waals surface area contributed by atoms with E-state index < -0.39 is 0 Å². The first-order chi connectivity index (χ1) is 12.4. The fourth-order valence-corrected chi connectivity index (χ4v) is 4.39. The van der Waals surface area contributed by atoms with Gasteiger partial charge in [-0.05, 0) is 51.5 Å². The van der Waals surface area contributed by atoms with Crippen molar-refractivity contribution in [2.24, 2.45) is 7.05 Å². The Kier molecular flexibility index (Phi) is 3.79. The fraction of sp³-hybridized carbons (Fsp3) is 0.318. The summed E-state index contributed by atoms with van der Waals surface area (Å²) in [6.07, 6.45) is 4.08. The summed E-state index contributed by atoms with van der Waals surface area (Å²) in [5, 5.41) is 0. The van der Waals surface area contributed by atoms with E-state index in [1.807, 2.05) is 12.4 Å². The molecule has 0 unspecified atom stereocenters. The third kappa shape index (κ3) is 2.32. The molecule has 2 heterocycles. The van der Waals surface area contributed by atoms with Gasteiger partial charge in [-0.25, -0.2) is 4.98 Å². The van der Waals surface area contributed by atoms with Crippen molar-refractivity contribution in [3.63, 3.8) is 0 Å². The second kappa shape index (κ2) is 5.90. The first-order valence-electron chi connectivity index (χ1n) is 9.14. The molecule has 1 atom stereocenters. The second-order valence-electron chi connectivity index (χ2n) is 7.57. The van der Waals surface area contributed by atoms with Gasteiger partial charge in [-0.2, -0.15) is 0 Å². The van der Waals surface area contributed by atoms with Gasteiger partial charge in [0.1, 0.15) is 12.0 Å². The van der Waals surface area contributed by atoms with Crippen molar-refractivity contribution in [3.05, 3.63) is 72.3 Å². The predicted molar refractivity (Wildman–Crippen MR) is 108 cm³/mol. The molecular weight excluding hydrogens is 320 g/mol. The molecule has 4 heteroatoms. The van der Waals surface area contributed by atoms with Crippen LogP contribution in [0, 0.1) is 6.92 Å². The lowest BCUT2D eigenvalue weighted by atomic mass is 10.00. The zero-order valence-corrected chi connectivity index (χ0v) is 16.1. The molecule has 0 radical (unpaired) electrons. The van der Waals surface area contributed by atoms with E-state index in [4.69, 9.17) is 0 Å². The van der Waals surface area contributed by atoms with Gasteiger partial charge in [0.15, 0.2) is 0 Å². The Morgan fingerprint density at radius 2 is 1.54 bits per heavy atom. The largest absolute Gasteiger partial charge is 0.337 e. The van der Waals surface area contributed by atoms with Crippen molar-refractivity contribution in [2.45, 2.75) is 39.4 Å². The van der Waals surface area contributed by atoms with Crippen LogP contribution in [-0.2, 0) is 12.6 Å². The minimum Gasteiger partial charge on any atom is -0.337 e. The molecule has 1 aliphatic rings. The van der Waals surface area contributed by atoms with Crippen LogP contribution in [0.25, 0.3) is 0 Å². The van der Waals surface area contributed by atoms with E-state index in [9.17, 15) is 0 Å². The SMILES string of the molecule is Cc1ccccc1N1c2ccccc2N(C(C)(C)c2nccn2C)[C@@H]1C. The van der Waals surface area contributed by atoms with E-state index in [2.05, 4.69) is 103 Å². The number of hydrogen-bond donors (Lipinski definition) is 0. The van der Waals surface area contributed by atoms with Crippen LogP contribution < -0.4 is 9.80 Å². The molecule has 0 N–H and O–H groups in total. The molecule has 0 aliphatic carbocycles. The number of imidazole rings is 1. The molecule has 0 saturated heterocycles. The lowest BCUT2D eigenvalue weighted by molar-refractivity contribution is 0.413. The van der Waals surface area contributed by atoms with Crippen LogP contribution in [0.3, 0.4) is 0 Å². The summed E-state index contributed by atoms with van der Waals surface area (Å²) < 4.78 is 2.12. The van der Waals surface area contributed by atoms with E-state index in [0.29, 0.717) is 0 Å². The number of fused-ring (bicyclic) bond motifs is 1. The normalized spacial score (nSPS) is 16.9. The highest BCUT2D eigenvalue weighted by atomic mass is 15.4. The van der Waals surface area contributed by atoms with Gasteiger partial charge in [0, 0.05) is 25.1 Å². The van der Waals surface area contributed by atoms with Crippen molar-refractivity contribution in [1.29, 1.82) is 0 Å². The maximum Gasteiger partial charge on any atom is 0.133 e. The summed E-state index contributed by atoms with van der Waals surface area (Å²) in [5.74, 6) is 1.06. The van der Waals surface area contributed by atoms with Crippen molar-refractivity contribution < 1.29 is 0 Å². The molecule has 26 heavy (non-hydrogen) atoms. The van der Waals surface area contributed by atoms with Gasteiger partial charge in [0.2, 0.25) is 0 Å². The molecule has 134 valence electrons. The number of hydrogen-bond acceptors (Lipinski definition) is 3. The minimum absolute atomic E-state index is 0.181. The second-order valence-corrected chi connectivity index (χ2v) is 7.57. The fourth-order valence-electron chi connectivity index (χ4n) is 4.39. The molecule has 0 bridgehead atoms. The third-order valence-corrected chi connectivity index (χ3v) is 5.49. The highest BCUT2D eigenvalue weighted by Crippen LogP contribution is 2.49. The molecule has 1 aliphatic heterocycles. The molecule has 1 aromatic heterocycles. The van der Waals surface area contributed by atoms with Crippen LogP contribution in [0.4, 0.5) is 17.1 Å². The van der Waals surface area contributed by atoms with Gasteiger partial charge in [-0.1, -0.05) is 30.3 Å². The molecular formula is C22H26N4. The quantitative estimate of drug-likeness (QED) is 0.669. The molecule has 0 amide bonds. The zero-order chi connectivity index (χ0) is 18.5. The Morgan fingerprint density at radius 1 is 0.923 bits per heavy atom. The van der Waals surface area contributed by atoms with Gasteiger partial charge in [0.25, 0.3) is 0 Å². The Labute approximate surface area is 155 Å². The monoisotopic (exact) mass is 346 g/mol. The summed E-state index contributed by atoms with van der Waals surface area (Å²) >= 11 is 0. The smallest absolute Gasteiger partial charge is 0.133 e. The first-order valence-corrected chi connectivity index (χ1v) is 9.14. The molecule has 4 nitrogen and oxygen atoms in total. The van der Waals surface area contributed by atoms with Crippen LogP contribution in [0.15, 0.2) is 60.9 Å². The third-order valence-electron chi connectivity index (χ3n) is 5.49. The van der Waals surface area contributed by atoms with Crippen LogP contribution in [0.2, 0.25) is 0 Å². The standard InChI is InChI=1S/C22H26N4/c1-16-10-6-7-11-18(16)25-17(2)26(20-13-9-8-12-19(20)25)22(3,4)21-23-14-15-24(21)5/h6-15,17H,1-5H3/t17-/m1/s1. The first kappa shape index (κ1) is 16.7. The van der Waals surface area contributed by atoms with Crippen molar-refractivity contribution >= 4 is 17.1 Å². The van der Waals surface area contributed by atoms with Gasteiger partial charge in [-0.3, -0.25) is 0 Å². The molecule has 2 aromatic carbocycles. The van der Waals surface area contributed by atoms with Gasteiger partial charge < -0.3 is 14.4 Å². The van der Waals surface area contributed by atoms with Gasteiger partial charge >= 0.3 is 0 Å². The molecule has 0 spiro atoms. The maximum absolute atomic E-state index is 4.66. The Balaban J connectivity index is 1.88.